The summed E-state index contributed by atoms with van der Waals surface area (Å²) in [5, 5.41) is 11.1. The summed E-state index contributed by atoms with van der Waals surface area (Å²) >= 11 is 0. The molecule has 1 aromatic rings. The third-order valence-electron chi connectivity index (χ3n) is 2.47. The van der Waals surface area contributed by atoms with Gasteiger partial charge in [0.2, 0.25) is 5.89 Å². The van der Waals surface area contributed by atoms with E-state index in [1.165, 1.54) is 11.9 Å². The topological polar surface area (TPSA) is 95.7 Å². The van der Waals surface area contributed by atoms with Crippen LogP contribution in [0.5, 0.6) is 0 Å². The molecule has 0 fully saturated rings. The summed E-state index contributed by atoms with van der Waals surface area (Å²) < 4.78 is 5.30. The van der Waals surface area contributed by atoms with Crippen LogP contribution in [0.15, 0.2) is 4.42 Å². The highest BCUT2D eigenvalue weighted by Gasteiger charge is 2.11. The van der Waals surface area contributed by atoms with Crippen LogP contribution in [0, 0.1) is 13.8 Å². The smallest absolute Gasteiger partial charge is 0.317 e. The van der Waals surface area contributed by atoms with Gasteiger partial charge in [-0.05, 0) is 13.8 Å². The number of carbonyl (C=O) groups is 2. The van der Waals surface area contributed by atoms with Gasteiger partial charge >= 0.3 is 12.0 Å². The van der Waals surface area contributed by atoms with Gasteiger partial charge in [0.15, 0.2) is 0 Å². The molecule has 7 heteroatoms. The van der Waals surface area contributed by atoms with E-state index < -0.39 is 5.97 Å². The lowest BCUT2D eigenvalue weighted by atomic mass is 10.4. The number of hydrogen-bond donors (Lipinski definition) is 2. The summed E-state index contributed by atoms with van der Waals surface area (Å²) in [6.45, 7) is 3.96. The first kappa shape index (κ1) is 14.0. The lowest BCUT2D eigenvalue weighted by Crippen LogP contribution is -2.38. The lowest BCUT2D eigenvalue weighted by Gasteiger charge is -2.15. The van der Waals surface area contributed by atoms with Crippen molar-refractivity contribution < 1.29 is 19.1 Å². The molecule has 0 radical (unpaired) electrons. The number of aryl methyl sites for hydroxylation is 2. The van der Waals surface area contributed by atoms with Crippen LogP contribution in [0.25, 0.3) is 0 Å². The van der Waals surface area contributed by atoms with E-state index in [1.807, 2.05) is 6.92 Å². The molecule has 0 aromatic carbocycles. The Hall–Kier alpha value is -2.05. The molecule has 2 amide bonds. The lowest BCUT2D eigenvalue weighted by molar-refractivity contribution is -0.137. The van der Waals surface area contributed by atoms with Crippen LogP contribution in [-0.2, 0) is 11.3 Å². The van der Waals surface area contributed by atoms with Crippen molar-refractivity contribution in [1.29, 1.82) is 0 Å². The van der Waals surface area contributed by atoms with E-state index in [4.69, 9.17) is 9.52 Å². The molecule has 18 heavy (non-hydrogen) atoms. The van der Waals surface area contributed by atoms with Gasteiger partial charge in [-0.1, -0.05) is 0 Å². The van der Waals surface area contributed by atoms with Crippen LogP contribution in [0.4, 0.5) is 4.79 Å². The Balaban J connectivity index is 2.38. The second-order valence-electron chi connectivity index (χ2n) is 3.97. The summed E-state index contributed by atoms with van der Waals surface area (Å²) in [6.07, 6.45) is -0.0822. The predicted octanol–water partition coefficient (Wildman–Crippen LogP) is 0.908. The molecule has 1 heterocycles. The van der Waals surface area contributed by atoms with Gasteiger partial charge in [-0.3, -0.25) is 4.79 Å². The van der Waals surface area contributed by atoms with E-state index in [2.05, 4.69) is 10.3 Å². The Morgan fingerprint density at radius 3 is 2.61 bits per heavy atom. The number of carbonyl (C=O) groups excluding carboxylic acids is 1. The van der Waals surface area contributed by atoms with E-state index in [1.54, 1.807) is 6.92 Å². The van der Waals surface area contributed by atoms with Crippen LogP contribution in [0.2, 0.25) is 0 Å². The van der Waals surface area contributed by atoms with Crippen molar-refractivity contribution in [2.75, 3.05) is 13.6 Å². The Bertz CT molecular complexity index is 422. The predicted molar refractivity (Wildman–Crippen MR) is 63.1 cm³/mol. The molecule has 0 bridgehead atoms. The highest BCUT2D eigenvalue weighted by Crippen LogP contribution is 2.07. The van der Waals surface area contributed by atoms with E-state index in [0.717, 1.165) is 11.5 Å². The van der Waals surface area contributed by atoms with Crippen molar-refractivity contribution in [3.8, 4) is 0 Å². The monoisotopic (exact) mass is 255 g/mol. The molecule has 0 saturated heterocycles. The quantitative estimate of drug-likeness (QED) is 0.815. The first-order valence-electron chi connectivity index (χ1n) is 5.54. The van der Waals surface area contributed by atoms with Crippen LogP contribution in [0.1, 0.15) is 23.8 Å². The van der Waals surface area contributed by atoms with E-state index >= 15 is 0 Å². The standard InChI is InChI=1S/C11H17N3O4/c1-7-8(2)18-9(13-7)6-12-11(17)14(3)5-4-10(15)16/h4-6H2,1-3H3,(H,12,17)(H,15,16). The Morgan fingerprint density at radius 1 is 1.44 bits per heavy atom. The molecule has 1 aromatic heterocycles. The third-order valence-corrected chi connectivity index (χ3v) is 2.47. The number of rotatable bonds is 5. The number of hydrogen-bond acceptors (Lipinski definition) is 4. The van der Waals surface area contributed by atoms with Gasteiger partial charge in [0, 0.05) is 13.6 Å². The molecule has 0 atom stereocenters. The summed E-state index contributed by atoms with van der Waals surface area (Å²) in [7, 11) is 1.53. The fraction of sp³-hybridized carbons (Fsp3) is 0.545. The molecule has 100 valence electrons. The maximum Gasteiger partial charge on any atom is 0.317 e. The molecule has 0 saturated carbocycles. The fourth-order valence-electron chi connectivity index (χ4n) is 1.27. The Labute approximate surface area is 105 Å². The number of amides is 2. The molecular formula is C11H17N3O4. The van der Waals surface area contributed by atoms with Crippen molar-refractivity contribution in [3.05, 3.63) is 17.3 Å². The zero-order valence-corrected chi connectivity index (χ0v) is 10.7. The molecule has 0 aliphatic heterocycles. The zero-order valence-electron chi connectivity index (χ0n) is 10.7. The summed E-state index contributed by atoms with van der Waals surface area (Å²) in [5.41, 5.74) is 0.790. The van der Waals surface area contributed by atoms with Gasteiger partial charge in [-0.15, -0.1) is 0 Å². The largest absolute Gasteiger partial charge is 0.481 e. The van der Waals surface area contributed by atoms with E-state index in [9.17, 15) is 9.59 Å². The van der Waals surface area contributed by atoms with Gasteiger partial charge in [-0.25, -0.2) is 9.78 Å². The molecule has 0 aliphatic carbocycles. The first-order valence-corrected chi connectivity index (χ1v) is 5.54. The minimum atomic E-state index is -0.936. The molecule has 0 unspecified atom stereocenters. The van der Waals surface area contributed by atoms with E-state index in [0.29, 0.717) is 5.89 Å². The van der Waals surface area contributed by atoms with Gasteiger partial charge in [-0.2, -0.15) is 0 Å². The summed E-state index contributed by atoms with van der Waals surface area (Å²) in [6, 6.07) is -0.357. The highest BCUT2D eigenvalue weighted by atomic mass is 16.4. The van der Waals surface area contributed by atoms with Gasteiger partial charge in [0.05, 0.1) is 18.7 Å². The Morgan fingerprint density at radius 2 is 2.11 bits per heavy atom. The van der Waals surface area contributed by atoms with Gasteiger partial charge in [0.1, 0.15) is 5.76 Å². The van der Waals surface area contributed by atoms with Crippen LogP contribution >= 0.6 is 0 Å². The first-order chi connectivity index (χ1) is 8.40. The average molecular weight is 255 g/mol. The molecule has 1 rings (SSSR count). The molecular weight excluding hydrogens is 238 g/mol. The summed E-state index contributed by atoms with van der Waals surface area (Å²) in [4.78, 5) is 27.4. The number of nitrogens with zero attached hydrogens (tertiary/aromatic N) is 2. The maximum absolute atomic E-state index is 11.6. The highest BCUT2D eigenvalue weighted by molar-refractivity contribution is 5.74. The van der Waals surface area contributed by atoms with Crippen molar-refractivity contribution in [2.24, 2.45) is 0 Å². The zero-order chi connectivity index (χ0) is 13.7. The van der Waals surface area contributed by atoms with Crippen molar-refractivity contribution in [1.82, 2.24) is 15.2 Å². The van der Waals surface area contributed by atoms with Crippen LogP contribution in [-0.4, -0.2) is 40.6 Å². The SMILES string of the molecule is Cc1nc(CNC(=O)N(C)CCC(=O)O)oc1C. The Kier molecular flexibility index (Phi) is 4.70. The number of aromatic nitrogens is 1. The van der Waals surface area contributed by atoms with E-state index in [-0.39, 0.29) is 25.5 Å². The number of nitrogens with one attached hydrogen (secondary N) is 1. The third kappa shape index (κ3) is 4.08. The average Bonchev–Trinajstić information content (AvgIpc) is 2.62. The number of urea groups is 1. The fourth-order valence-corrected chi connectivity index (χ4v) is 1.27. The van der Waals surface area contributed by atoms with Crippen molar-refractivity contribution in [2.45, 2.75) is 26.8 Å². The minimum Gasteiger partial charge on any atom is -0.481 e. The molecule has 7 nitrogen and oxygen atoms in total. The second kappa shape index (κ2) is 6.04. The second-order valence-corrected chi connectivity index (χ2v) is 3.97. The van der Waals surface area contributed by atoms with Crippen molar-refractivity contribution in [3.63, 3.8) is 0 Å². The van der Waals surface area contributed by atoms with Gasteiger partial charge in [0.25, 0.3) is 0 Å². The van der Waals surface area contributed by atoms with Gasteiger partial charge < -0.3 is 19.7 Å². The normalized spacial score (nSPS) is 10.2. The molecule has 2 N–H and O–H groups in total. The maximum atomic E-state index is 11.6. The van der Waals surface area contributed by atoms with Crippen LogP contribution < -0.4 is 5.32 Å². The number of carboxylic acid groups (broad SMARTS) is 1. The number of oxazole rings is 1. The van der Waals surface area contributed by atoms with Crippen molar-refractivity contribution >= 4 is 12.0 Å². The number of aliphatic carboxylic acids is 1. The minimum absolute atomic E-state index is 0.0822. The number of carboxylic acids is 1. The molecule has 0 aliphatic rings. The van der Waals surface area contributed by atoms with Crippen LogP contribution in [0.3, 0.4) is 0 Å². The summed E-state index contributed by atoms with van der Waals surface area (Å²) in [5.74, 6) is 0.220. The molecule has 0 spiro atoms.